The summed E-state index contributed by atoms with van der Waals surface area (Å²) >= 11 is 6.52. The second-order valence-electron chi connectivity index (χ2n) is 5.27. The molecule has 1 atom stereocenters. The Labute approximate surface area is 149 Å². The summed E-state index contributed by atoms with van der Waals surface area (Å²) in [6.45, 7) is 1.87. The molecule has 0 radical (unpaired) electrons. The zero-order chi connectivity index (χ0) is 17.1. The van der Waals surface area contributed by atoms with Crippen LogP contribution in [0, 0.1) is 0 Å². The zero-order valence-corrected chi connectivity index (χ0v) is 14.7. The summed E-state index contributed by atoms with van der Waals surface area (Å²) in [6, 6.07) is 7.18. The summed E-state index contributed by atoms with van der Waals surface area (Å²) in [4.78, 5) is 26.7. The van der Waals surface area contributed by atoms with Crippen molar-refractivity contribution in [1.82, 2.24) is 5.32 Å². The number of anilines is 2. The molecule has 0 saturated carbocycles. The van der Waals surface area contributed by atoms with Gasteiger partial charge in [-0.05, 0) is 30.5 Å². The van der Waals surface area contributed by atoms with Crippen molar-refractivity contribution in [3.05, 3.63) is 24.3 Å². The van der Waals surface area contributed by atoms with Gasteiger partial charge in [-0.1, -0.05) is 12.2 Å². The van der Waals surface area contributed by atoms with Crippen LogP contribution in [0.25, 0.3) is 0 Å². The Morgan fingerprint density at radius 3 is 2.50 bits per heavy atom. The Balaban J connectivity index is 1.63. The van der Waals surface area contributed by atoms with Crippen molar-refractivity contribution in [3.8, 4) is 0 Å². The standard InChI is InChI=1S/C15H17N3O4S2/c1-24-13(23)16-8-12-9-18(15(20)22-12)11-4-2-10(3-5-11)17-6-7-21-14(17)19/h2-5,12H,6-9H2,1H3,(H,16,23)/t12-/m0/s1. The van der Waals surface area contributed by atoms with Crippen LogP contribution in [0.3, 0.4) is 0 Å². The van der Waals surface area contributed by atoms with Crippen molar-refractivity contribution in [3.63, 3.8) is 0 Å². The maximum Gasteiger partial charge on any atom is 0.414 e. The smallest absolute Gasteiger partial charge is 0.414 e. The molecule has 0 spiro atoms. The topological polar surface area (TPSA) is 71.1 Å². The van der Waals surface area contributed by atoms with Gasteiger partial charge < -0.3 is 14.8 Å². The molecule has 128 valence electrons. The predicted octanol–water partition coefficient (Wildman–Crippen LogP) is 2.21. The van der Waals surface area contributed by atoms with E-state index in [1.807, 2.05) is 6.26 Å². The lowest BCUT2D eigenvalue weighted by molar-refractivity contribution is 0.143. The first-order chi connectivity index (χ1) is 11.6. The molecule has 0 bridgehead atoms. The number of carbonyl (C=O) groups is 2. The van der Waals surface area contributed by atoms with Crippen LogP contribution in [-0.2, 0) is 9.47 Å². The van der Waals surface area contributed by atoms with Crippen LogP contribution in [0.2, 0.25) is 0 Å². The lowest BCUT2D eigenvalue weighted by Crippen LogP contribution is -2.32. The third-order valence-corrected chi connectivity index (χ3v) is 4.93. The fourth-order valence-corrected chi connectivity index (χ4v) is 2.86. The Morgan fingerprint density at radius 2 is 1.92 bits per heavy atom. The van der Waals surface area contributed by atoms with Crippen LogP contribution >= 0.6 is 24.0 Å². The van der Waals surface area contributed by atoms with Gasteiger partial charge in [-0.25, -0.2) is 9.59 Å². The van der Waals surface area contributed by atoms with Crippen molar-refractivity contribution < 1.29 is 19.1 Å². The summed E-state index contributed by atoms with van der Waals surface area (Å²) in [5.41, 5.74) is 1.48. The van der Waals surface area contributed by atoms with E-state index < -0.39 is 0 Å². The molecule has 2 aliphatic heterocycles. The number of hydrogen-bond acceptors (Lipinski definition) is 6. The summed E-state index contributed by atoms with van der Waals surface area (Å²) in [5.74, 6) is 0. The fourth-order valence-electron chi connectivity index (χ4n) is 2.55. The number of amides is 2. The van der Waals surface area contributed by atoms with E-state index in [4.69, 9.17) is 21.7 Å². The summed E-state index contributed by atoms with van der Waals surface area (Å²) in [5, 5.41) is 3.05. The number of nitrogens with one attached hydrogen (secondary N) is 1. The first-order valence-electron chi connectivity index (χ1n) is 7.43. The van der Waals surface area contributed by atoms with Crippen LogP contribution in [0.1, 0.15) is 0 Å². The van der Waals surface area contributed by atoms with Gasteiger partial charge in [-0.2, -0.15) is 0 Å². The highest BCUT2D eigenvalue weighted by atomic mass is 32.2. The number of benzene rings is 1. The molecular formula is C15H17N3O4S2. The van der Waals surface area contributed by atoms with Crippen molar-refractivity contribution >= 4 is 51.9 Å². The van der Waals surface area contributed by atoms with Gasteiger partial charge in [0.15, 0.2) is 0 Å². The van der Waals surface area contributed by atoms with Crippen LogP contribution in [0.4, 0.5) is 21.0 Å². The average Bonchev–Trinajstić information content (AvgIpc) is 3.18. The minimum Gasteiger partial charge on any atom is -0.447 e. The van der Waals surface area contributed by atoms with Gasteiger partial charge in [0, 0.05) is 11.4 Å². The molecular weight excluding hydrogens is 350 g/mol. The molecule has 2 amide bonds. The van der Waals surface area contributed by atoms with E-state index in [0.29, 0.717) is 30.6 Å². The summed E-state index contributed by atoms with van der Waals surface area (Å²) < 4.78 is 10.9. The quantitative estimate of drug-likeness (QED) is 0.818. The summed E-state index contributed by atoms with van der Waals surface area (Å²) in [7, 11) is 0. The van der Waals surface area contributed by atoms with Gasteiger partial charge in [-0.15, -0.1) is 11.8 Å². The molecule has 9 heteroatoms. The third-order valence-electron chi connectivity index (χ3n) is 3.77. The Kier molecular flexibility index (Phi) is 5.10. The molecule has 1 aromatic carbocycles. The molecule has 1 aromatic rings. The van der Waals surface area contributed by atoms with Crippen molar-refractivity contribution in [2.75, 3.05) is 42.3 Å². The van der Waals surface area contributed by atoms with E-state index in [9.17, 15) is 9.59 Å². The van der Waals surface area contributed by atoms with Gasteiger partial charge >= 0.3 is 12.2 Å². The Bertz CT molecular complexity index is 653. The highest BCUT2D eigenvalue weighted by molar-refractivity contribution is 8.22. The lowest BCUT2D eigenvalue weighted by atomic mass is 10.2. The van der Waals surface area contributed by atoms with Gasteiger partial charge in [0.1, 0.15) is 17.0 Å². The number of hydrogen-bond donors (Lipinski definition) is 1. The molecule has 0 aromatic heterocycles. The van der Waals surface area contributed by atoms with Crippen LogP contribution in [0.15, 0.2) is 24.3 Å². The number of ether oxygens (including phenoxy) is 2. The van der Waals surface area contributed by atoms with Crippen LogP contribution in [-0.4, -0.2) is 55.1 Å². The number of cyclic esters (lactones) is 2. The minimum absolute atomic E-state index is 0.254. The van der Waals surface area contributed by atoms with Gasteiger partial charge in [0.2, 0.25) is 0 Å². The monoisotopic (exact) mass is 367 g/mol. The molecule has 7 nitrogen and oxygen atoms in total. The van der Waals surface area contributed by atoms with E-state index in [2.05, 4.69) is 5.32 Å². The van der Waals surface area contributed by atoms with Crippen molar-refractivity contribution in [1.29, 1.82) is 0 Å². The first kappa shape index (κ1) is 16.8. The van der Waals surface area contributed by atoms with E-state index >= 15 is 0 Å². The average molecular weight is 367 g/mol. The normalized spacial score (nSPS) is 20.1. The van der Waals surface area contributed by atoms with Gasteiger partial charge in [-0.3, -0.25) is 9.80 Å². The molecule has 2 fully saturated rings. The molecule has 2 saturated heterocycles. The SMILES string of the molecule is CSC(=S)NC[C@H]1CN(c2ccc(N3CCOC3=O)cc2)C(=O)O1. The highest BCUT2D eigenvalue weighted by Gasteiger charge is 2.32. The number of carbonyl (C=O) groups excluding carboxylic acids is 2. The maximum absolute atomic E-state index is 12.0. The Hall–Kier alpha value is -2.00. The molecule has 3 rings (SSSR count). The molecule has 0 unspecified atom stereocenters. The van der Waals surface area contributed by atoms with Gasteiger partial charge in [0.05, 0.1) is 19.6 Å². The van der Waals surface area contributed by atoms with E-state index in [-0.39, 0.29) is 18.3 Å². The summed E-state index contributed by atoms with van der Waals surface area (Å²) in [6.07, 6.45) is 0.903. The predicted molar refractivity (Wildman–Crippen MR) is 96.9 cm³/mol. The number of thioether (sulfide) groups is 1. The van der Waals surface area contributed by atoms with Crippen LogP contribution in [0.5, 0.6) is 0 Å². The number of nitrogens with zero attached hydrogens (tertiary/aromatic N) is 2. The first-order valence-corrected chi connectivity index (χ1v) is 9.06. The largest absolute Gasteiger partial charge is 0.447 e. The van der Waals surface area contributed by atoms with Gasteiger partial charge in [0.25, 0.3) is 0 Å². The zero-order valence-electron chi connectivity index (χ0n) is 13.1. The van der Waals surface area contributed by atoms with E-state index in [1.165, 1.54) is 11.8 Å². The molecule has 2 heterocycles. The Morgan fingerprint density at radius 1 is 1.25 bits per heavy atom. The fraction of sp³-hybridized carbons (Fsp3) is 0.400. The third kappa shape index (κ3) is 3.57. The molecule has 0 aliphatic carbocycles. The molecule has 1 N–H and O–H groups in total. The maximum atomic E-state index is 12.0. The van der Waals surface area contributed by atoms with Crippen LogP contribution < -0.4 is 15.1 Å². The van der Waals surface area contributed by atoms with E-state index in [0.717, 1.165) is 11.4 Å². The number of thiocarbonyl (C=S) groups is 1. The lowest BCUT2D eigenvalue weighted by Gasteiger charge is -2.16. The van der Waals surface area contributed by atoms with Crippen molar-refractivity contribution in [2.24, 2.45) is 0 Å². The molecule has 2 aliphatic rings. The molecule has 24 heavy (non-hydrogen) atoms. The second-order valence-corrected chi connectivity index (χ2v) is 6.75. The number of rotatable bonds is 4. The van der Waals surface area contributed by atoms with E-state index in [1.54, 1.807) is 34.1 Å². The highest BCUT2D eigenvalue weighted by Crippen LogP contribution is 2.26. The van der Waals surface area contributed by atoms with Crippen molar-refractivity contribution in [2.45, 2.75) is 6.10 Å². The minimum atomic E-state index is -0.384. The second kappa shape index (κ2) is 7.27.